The van der Waals surface area contributed by atoms with Gasteiger partial charge in [-0.3, -0.25) is 4.79 Å². The Labute approximate surface area is 174 Å². The van der Waals surface area contributed by atoms with Gasteiger partial charge in [-0.15, -0.1) is 0 Å². The van der Waals surface area contributed by atoms with Crippen LogP contribution in [0.3, 0.4) is 0 Å². The zero-order chi connectivity index (χ0) is 20.7. The van der Waals surface area contributed by atoms with E-state index in [0.29, 0.717) is 44.4 Å². The van der Waals surface area contributed by atoms with E-state index in [-0.39, 0.29) is 12.4 Å². The summed E-state index contributed by atoms with van der Waals surface area (Å²) in [6.07, 6.45) is 0. The number of allylic oxidation sites excluding steroid dienone is 2. The quantitative estimate of drug-likeness (QED) is 0.754. The van der Waals surface area contributed by atoms with Gasteiger partial charge in [0, 0.05) is 33.0 Å². The summed E-state index contributed by atoms with van der Waals surface area (Å²) in [5.41, 5.74) is 4.31. The minimum Gasteiger partial charge on any atom is -0.496 e. The van der Waals surface area contributed by atoms with Crippen LogP contribution in [0.4, 0.5) is 0 Å². The van der Waals surface area contributed by atoms with Crippen molar-refractivity contribution in [3.05, 3.63) is 81.0 Å². The number of methoxy groups -OCH3 is 1. The van der Waals surface area contributed by atoms with E-state index in [0.717, 1.165) is 5.56 Å². The van der Waals surface area contributed by atoms with Crippen molar-refractivity contribution in [2.24, 2.45) is 0 Å². The maximum atomic E-state index is 13.4. The number of Topliss-reactive ketones (excluding diaryl/α,β-unsaturated/α-hetero) is 1. The van der Waals surface area contributed by atoms with Gasteiger partial charge in [-0.05, 0) is 32.0 Å². The molecule has 5 nitrogen and oxygen atoms in total. The molecule has 29 heavy (non-hydrogen) atoms. The Morgan fingerprint density at radius 3 is 2.59 bits per heavy atom. The average Bonchev–Trinajstić information content (AvgIpc) is 2.99. The van der Waals surface area contributed by atoms with Crippen molar-refractivity contribution in [1.29, 1.82) is 0 Å². The lowest BCUT2D eigenvalue weighted by Gasteiger charge is -2.30. The maximum Gasteiger partial charge on any atom is 0.336 e. The van der Waals surface area contributed by atoms with Gasteiger partial charge in [-0.1, -0.05) is 35.9 Å². The number of rotatable bonds is 4. The van der Waals surface area contributed by atoms with Crippen LogP contribution in [-0.4, -0.2) is 25.5 Å². The molecule has 0 amide bonds. The second-order valence-corrected chi connectivity index (χ2v) is 7.30. The summed E-state index contributed by atoms with van der Waals surface area (Å²) in [7, 11) is 1.55. The van der Waals surface area contributed by atoms with E-state index >= 15 is 0 Å². The van der Waals surface area contributed by atoms with Crippen LogP contribution in [0, 0.1) is 0 Å². The fourth-order valence-corrected chi connectivity index (χ4v) is 4.23. The number of fused-ring (bicyclic) bond motifs is 2. The molecule has 0 spiro atoms. The van der Waals surface area contributed by atoms with Crippen molar-refractivity contribution in [1.82, 2.24) is 5.32 Å². The number of dihydropyridines is 1. The van der Waals surface area contributed by atoms with E-state index in [1.54, 1.807) is 38.3 Å². The highest BCUT2D eigenvalue weighted by Gasteiger charge is 2.43. The van der Waals surface area contributed by atoms with Crippen molar-refractivity contribution >= 4 is 29.1 Å². The lowest BCUT2D eigenvalue weighted by Crippen LogP contribution is -2.29. The van der Waals surface area contributed by atoms with Crippen LogP contribution in [0.2, 0.25) is 5.02 Å². The predicted octanol–water partition coefficient (Wildman–Crippen LogP) is 4.48. The van der Waals surface area contributed by atoms with Crippen molar-refractivity contribution in [2.75, 3.05) is 13.7 Å². The van der Waals surface area contributed by atoms with Gasteiger partial charge in [0.2, 0.25) is 0 Å². The van der Waals surface area contributed by atoms with Crippen LogP contribution in [0.15, 0.2) is 59.3 Å². The molecule has 0 saturated carbocycles. The smallest absolute Gasteiger partial charge is 0.336 e. The summed E-state index contributed by atoms with van der Waals surface area (Å²) < 4.78 is 10.9. The number of esters is 1. The topological polar surface area (TPSA) is 64.6 Å². The molecule has 2 aliphatic rings. The molecule has 1 heterocycles. The highest BCUT2D eigenvalue weighted by atomic mass is 35.5. The molecule has 1 atom stereocenters. The molecule has 1 aliphatic carbocycles. The molecule has 4 rings (SSSR count). The van der Waals surface area contributed by atoms with Crippen molar-refractivity contribution < 1.29 is 19.1 Å². The number of halogens is 1. The zero-order valence-corrected chi connectivity index (χ0v) is 17.1. The number of carbonyl (C=O) groups is 2. The molecule has 0 aromatic heterocycles. The van der Waals surface area contributed by atoms with Crippen molar-refractivity contribution in [2.45, 2.75) is 19.8 Å². The van der Waals surface area contributed by atoms with Gasteiger partial charge < -0.3 is 14.8 Å². The highest BCUT2D eigenvalue weighted by molar-refractivity contribution is 6.30. The molecule has 0 unspecified atom stereocenters. The molecule has 0 radical (unpaired) electrons. The minimum absolute atomic E-state index is 0.121. The Kier molecular flexibility index (Phi) is 4.92. The zero-order valence-electron chi connectivity index (χ0n) is 16.3. The summed E-state index contributed by atoms with van der Waals surface area (Å²) >= 11 is 6.28. The summed E-state index contributed by atoms with van der Waals surface area (Å²) in [6.45, 7) is 3.79. The number of nitrogens with one attached hydrogen (secondary N) is 1. The molecule has 6 heteroatoms. The van der Waals surface area contributed by atoms with Crippen molar-refractivity contribution in [3.8, 4) is 5.75 Å². The number of ketones is 1. The standard InChI is InChI=1S/C23H20ClNO4/c1-4-29-23(27)18-12(2)25-21-14-7-5-6-8-15(14)22(26)20(21)19(18)16-11-13(24)9-10-17(16)28-3/h5-11,19,25H,4H2,1-3H3/t19-/m0/s1. The molecule has 0 bridgehead atoms. The lowest BCUT2D eigenvalue weighted by atomic mass is 9.79. The van der Waals surface area contributed by atoms with E-state index in [9.17, 15) is 9.59 Å². The van der Waals surface area contributed by atoms with Crippen molar-refractivity contribution in [3.63, 3.8) is 0 Å². The molecule has 0 saturated heterocycles. The van der Waals surface area contributed by atoms with Crippen LogP contribution in [-0.2, 0) is 9.53 Å². The first kappa shape index (κ1) is 19.3. The summed E-state index contributed by atoms with van der Waals surface area (Å²) in [5, 5.41) is 3.76. The Balaban J connectivity index is 1.99. The van der Waals surface area contributed by atoms with Gasteiger partial charge in [0.05, 0.1) is 30.9 Å². The SMILES string of the molecule is CCOC(=O)C1=C(C)NC2=C(C(=O)c3ccccc32)[C@H]1c1cc(Cl)ccc1OC. The first-order valence-corrected chi connectivity index (χ1v) is 9.72. The molecule has 148 valence electrons. The van der Waals surface area contributed by atoms with E-state index < -0.39 is 11.9 Å². The minimum atomic E-state index is -0.654. The normalized spacial score (nSPS) is 17.7. The third kappa shape index (κ3) is 3.02. The molecular weight excluding hydrogens is 390 g/mol. The van der Waals surface area contributed by atoms with E-state index in [4.69, 9.17) is 21.1 Å². The van der Waals surface area contributed by atoms with E-state index in [2.05, 4.69) is 5.32 Å². The van der Waals surface area contributed by atoms with Gasteiger partial charge in [-0.25, -0.2) is 4.79 Å². The van der Waals surface area contributed by atoms with Crippen LogP contribution in [0.5, 0.6) is 5.75 Å². The first-order chi connectivity index (χ1) is 14.0. The van der Waals surface area contributed by atoms with Crippen LogP contribution in [0.1, 0.15) is 41.3 Å². The maximum absolute atomic E-state index is 13.4. The first-order valence-electron chi connectivity index (χ1n) is 9.34. The van der Waals surface area contributed by atoms with E-state index in [1.165, 1.54) is 0 Å². The number of hydrogen-bond acceptors (Lipinski definition) is 5. The summed E-state index contributed by atoms with van der Waals surface area (Å²) in [4.78, 5) is 26.3. The second kappa shape index (κ2) is 7.41. The Morgan fingerprint density at radius 2 is 1.90 bits per heavy atom. The fraction of sp³-hybridized carbons (Fsp3) is 0.217. The lowest BCUT2D eigenvalue weighted by molar-refractivity contribution is -0.138. The molecule has 2 aromatic rings. The number of hydrogen-bond donors (Lipinski definition) is 1. The third-order valence-corrected chi connectivity index (χ3v) is 5.48. The summed E-state index contributed by atoms with van der Waals surface area (Å²) in [5.74, 6) is -0.699. The summed E-state index contributed by atoms with van der Waals surface area (Å²) in [6, 6.07) is 12.6. The Morgan fingerprint density at radius 1 is 1.17 bits per heavy atom. The number of benzene rings is 2. The number of carbonyl (C=O) groups excluding carboxylic acids is 2. The largest absolute Gasteiger partial charge is 0.496 e. The molecule has 1 N–H and O–H groups in total. The molecule has 0 fully saturated rings. The third-order valence-electron chi connectivity index (χ3n) is 5.25. The second-order valence-electron chi connectivity index (χ2n) is 6.87. The van der Waals surface area contributed by atoms with Gasteiger partial charge in [0.1, 0.15) is 5.75 Å². The van der Waals surface area contributed by atoms with Gasteiger partial charge in [0.15, 0.2) is 5.78 Å². The predicted molar refractivity (Wildman–Crippen MR) is 111 cm³/mol. The van der Waals surface area contributed by atoms with Gasteiger partial charge >= 0.3 is 5.97 Å². The van der Waals surface area contributed by atoms with Crippen LogP contribution < -0.4 is 10.1 Å². The van der Waals surface area contributed by atoms with Crippen LogP contribution in [0.25, 0.3) is 5.70 Å². The molecular formula is C23H20ClNO4. The van der Waals surface area contributed by atoms with Gasteiger partial charge in [0.25, 0.3) is 0 Å². The molecule has 2 aromatic carbocycles. The highest BCUT2D eigenvalue weighted by Crippen LogP contribution is 2.49. The monoisotopic (exact) mass is 409 g/mol. The molecule has 1 aliphatic heterocycles. The Bertz CT molecular complexity index is 1100. The van der Waals surface area contributed by atoms with Crippen LogP contribution >= 0.6 is 11.6 Å². The van der Waals surface area contributed by atoms with Gasteiger partial charge in [-0.2, -0.15) is 0 Å². The van der Waals surface area contributed by atoms with E-state index in [1.807, 2.05) is 25.1 Å². The number of ether oxygens (including phenoxy) is 2. The average molecular weight is 410 g/mol. The Hall–Kier alpha value is -3.05. The fourth-order valence-electron chi connectivity index (χ4n) is 4.05.